The molecular weight excluding hydrogens is 398 g/mol. The molecule has 2 aliphatic heterocycles. The van der Waals surface area contributed by atoms with Crippen molar-refractivity contribution >= 4 is 29.3 Å². The number of ether oxygens (including phenoxy) is 1. The van der Waals surface area contributed by atoms with Crippen LogP contribution in [-0.2, 0) is 4.79 Å². The topological polar surface area (TPSA) is 58.6 Å². The average Bonchev–Trinajstić information content (AvgIpc) is 2.90. The molecule has 4 rings (SSSR count). The normalized spacial score (nSPS) is 17.3. The Morgan fingerprint density at radius 2 is 1.93 bits per heavy atom. The number of nitrogens with one attached hydrogen (secondary N) is 1. The number of carbonyl (C=O) groups excluding carboxylic acids is 2. The zero-order valence-corrected chi connectivity index (χ0v) is 16.4. The van der Waals surface area contributed by atoms with Gasteiger partial charge in [0.1, 0.15) is 11.9 Å². The summed E-state index contributed by atoms with van der Waals surface area (Å²) in [5.74, 6) is -0.794. The molecule has 1 saturated heterocycles. The minimum Gasteiger partial charge on any atom is -0.487 e. The number of carbonyl (C=O) groups is 2. The van der Waals surface area contributed by atoms with Gasteiger partial charge >= 0.3 is 0 Å². The van der Waals surface area contributed by atoms with Crippen molar-refractivity contribution in [3.63, 3.8) is 0 Å². The Balaban J connectivity index is 1.38. The van der Waals surface area contributed by atoms with E-state index in [4.69, 9.17) is 4.74 Å². The van der Waals surface area contributed by atoms with Crippen molar-refractivity contribution in [3.05, 3.63) is 53.6 Å². The van der Waals surface area contributed by atoms with Crippen LogP contribution in [0.2, 0.25) is 0 Å². The molecule has 5 nitrogen and oxygen atoms in total. The van der Waals surface area contributed by atoms with Gasteiger partial charge in [-0.15, -0.1) is 11.8 Å². The molecule has 29 heavy (non-hydrogen) atoms. The molecule has 0 aromatic heterocycles. The number of hydrogen-bond acceptors (Lipinski definition) is 4. The Morgan fingerprint density at radius 1 is 1.14 bits per heavy atom. The van der Waals surface area contributed by atoms with Gasteiger partial charge in [-0.25, -0.2) is 8.78 Å². The Labute approximate surface area is 171 Å². The van der Waals surface area contributed by atoms with Gasteiger partial charge in [-0.1, -0.05) is 0 Å². The minimum absolute atomic E-state index is 0.0233. The van der Waals surface area contributed by atoms with E-state index in [1.165, 1.54) is 6.07 Å². The van der Waals surface area contributed by atoms with Crippen molar-refractivity contribution in [1.82, 2.24) is 4.90 Å². The van der Waals surface area contributed by atoms with Gasteiger partial charge in [0.25, 0.3) is 5.91 Å². The number of anilines is 1. The Morgan fingerprint density at radius 3 is 2.69 bits per heavy atom. The molecule has 2 aromatic rings. The Kier molecular flexibility index (Phi) is 5.71. The van der Waals surface area contributed by atoms with E-state index in [1.807, 2.05) is 6.07 Å². The summed E-state index contributed by atoms with van der Waals surface area (Å²) >= 11 is 1.59. The monoisotopic (exact) mass is 418 g/mol. The molecule has 2 heterocycles. The summed E-state index contributed by atoms with van der Waals surface area (Å²) in [7, 11) is 0. The molecule has 0 aliphatic carbocycles. The van der Waals surface area contributed by atoms with Crippen LogP contribution in [0, 0.1) is 11.6 Å². The number of thioether (sulfide) groups is 1. The van der Waals surface area contributed by atoms with E-state index in [-0.39, 0.29) is 23.7 Å². The second-order valence-corrected chi connectivity index (χ2v) is 8.18. The molecule has 1 N–H and O–H groups in total. The summed E-state index contributed by atoms with van der Waals surface area (Å²) in [6.07, 6.45) is 1.33. The van der Waals surface area contributed by atoms with Gasteiger partial charge in [0, 0.05) is 54.6 Å². The third-order valence-electron chi connectivity index (χ3n) is 5.00. The van der Waals surface area contributed by atoms with Gasteiger partial charge in [-0.3, -0.25) is 9.59 Å². The first kappa shape index (κ1) is 19.7. The van der Waals surface area contributed by atoms with Crippen LogP contribution >= 0.6 is 11.8 Å². The van der Waals surface area contributed by atoms with Crippen molar-refractivity contribution in [2.75, 3.05) is 24.2 Å². The number of nitrogens with zero attached hydrogens (tertiary/aromatic N) is 1. The van der Waals surface area contributed by atoms with Gasteiger partial charge in [0.15, 0.2) is 11.6 Å². The number of halogens is 2. The molecule has 0 atom stereocenters. The number of fused-ring (bicyclic) bond motifs is 1. The van der Waals surface area contributed by atoms with Crippen LogP contribution in [-0.4, -0.2) is 41.7 Å². The first-order valence-corrected chi connectivity index (χ1v) is 10.5. The lowest BCUT2D eigenvalue weighted by Gasteiger charge is -2.32. The lowest BCUT2D eigenvalue weighted by atomic mass is 10.1. The summed E-state index contributed by atoms with van der Waals surface area (Å²) in [6, 6.07) is 8.61. The van der Waals surface area contributed by atoms with Gasteiger partial charge in [-0.2, -0.15) is 0 Å². The molecule has 0 saturated carbocycles. The SMILES string of the molecule is O=C1CCSc2ccc(C(=O)N3CCC(Oc4ccc(F)cc4F)CC3)cc2N1. The zero-order valence-electron chi connectivity index (χ0n) is 15.6. The molecular formula is C21H20F2N2O3S. The predicted molar refractivity (Wildman–Crippen MR) is 106 cm³/mol. The highest BCUT2D eigenvalue weighted by Crippen LogP contribution is 2.32. The van der Waals surface area contributed by atoms with E-state index >= 15 is 0 Å². The molecule has 152 valence electrons. The van der Waals surface area contributed by atoms with Gasteiger partial charge in [-0.05, 0) is 30.3 Å². The van der Waals surface area contributed by atoms with Crippen molar-refractivity contribution in [3.8, 4) is 5.75 Å². The summed E-state index contributed by atoms with van der Waals surface area (Å²) < 4.78 is 32.4. The quantitative estimate of drug-likeness (QED) is 0.816. The molecule has 2 aromatic carbocycles. The number of rotatable bonds is 3. The summed E-state index contributed by atoms with van der Waals surface area (Å²) in [4.78, 5) is 27.3. The summed E-state index contributed by atoms with van der Waals surface area (Å²) in [6.45, 7) is 0.953. The Bertz CT molecular complexity index is 946. The Hall–Kier alpha value is -2.61. The summed E-state index contributed by atoms with van der Waals surface area (Å²) in [5, 5.41) is 2.85. The molecule has 2 aliphatic rings. The predicted octanol–water partition coefficient (Wildman–Crippen LogP) is 4.08. The van der Waals surface area contributed by atoms with E-state index in [9.17, 15) is 18.4 Å². The maximum absolute atomic E-state index is 13.8. The lowest BCUT2D eigenvalue weighted by molar-refractivity contribution is -0.115. The fourth-order valence-corrected chi connectivity index (χ4v) is 4.40. The van der Waals surface area contributed by atoms with Crippen LogP contribution in [0.3, 0.4) is 0 Å². The summed E-state index contributed by atoms with van der Waals surface area (Å²) in [5.41, 5.74) is 1.20. The molecule has 2 amide bonds. The highest BCUT2D eigenvalue weighted by atomic mass is 32.2. The number of piperidine rings is 1. The van der Waals surface area contributed by atoms with Crippen LogP contribution < -0.4 is 10.1 Å². The van der Waals surface area contributed by atoms with Crippen molar-refractivity contribution in [2.45, 2.75) is 30.3 Å². The third-order valence-corrected chi connectivity index (χ3v) is 6.08. The van der Waals surface area contributed by atoms with Crippen LogP contribution in [0.4, 0.5) is 14.5 Å². The third kappa shape index (κ3) is 4.53. The van der Waals surface area contributed by atoms with E-state index in [2.05, 4.69) is 5.32 Å². The fourth-order valence-electron chi connectivity index (χ4n) is 3.46. The standard InChI is InChI=1S/C21H20F2N2O3S/c22-14-2-3-18(16(23)12-14)28-15-5-8-25(9-6-15)21(27)13-1-4-19-17(11-13)24-20(26)7-10-29-19/h1-4,11-12,15H,5-10H2,(H,24,26). The largest absolute Gasteiger partial charge is 0.487 e. The van der Waals surface area contributed by atoms with Crippen LogP contribution in [0.5, 0.6) is 5.75 Å². The minimum atomic E-state index is -0.728. The second kappa shape index (κ2) is 8.41. The molecule has 0 bridgehead atoms. The first-order chi connectivity index (χ1) is 14.0. The van der Waals surface area contributed by atoms with E-state index < -0.39 is 11.6 Å². The number of benzene rings is 2. The highest BCUT2D eigenvalue weighted by Gasteiger charge is 2.26. The molecule has 0 spiro atoms. The fraction of sp³-hybridized carbons (Fsp3) is 0.333. The zero-order chi connectivity index (χ0) is 20.4. The van der Waals surface area contributed by atoms with Crippen LogP contribution in [0.25, 0.3) is 0 Å². The molecule has 8 heteroatoms. The van der Waals surface area contributed by atoms with Crippen molar-refractivity contribution < 1.29 is 23.1 Å². The highest BCUT2D eigenvalue weighted by molar-refractivity contribution is 7.99. The van der Waals surface area contributed by atoms with Crippen molar-refractivity contribution in [2.24, 2.45) is 0 Å². The second-order valence-electron chi connectivity index (χ2n) is 7.04. The first-order valence-electron chi connectivity index (χ1n) is 9.47. The van der Waals surface area contributed by atoms with Gasteiger partial charge in [0.2, 0.25) is 5.91 Å². The van der Waals surface area contributed by atoms with Crippen LogP contribution in [0.15, 0.2) is 41.3 Å². The van der Waals surface area contributed by atoms with E-state index in [0.717, 1.165) is 17.0 Å². The number of amides is 2. The lowest BCUT2D eigenvalue weighted by Crippen LogP contribution is -2.41. The number of hydrogen-bond donors (Lipinski definition) is 1. The smallest absolute Gasteiger partial charge is 0.253 e. The van der Waals surface area contributed by atoms with Gasteiger partial charge in [0.05, 0.1) is 5.69 Å². The van der Waals surface area contributed by atoms with E-state index in [1.54, 1.807) is 28.8 Å². The number of likely N-dealkylation sites (tertiary alicyclic amines) is 1. The van der Waals surface area contributed by atoms with Crippen LogP contribution in [0.1, 0.15) is 29.6 Å². The maximum Gasteiger partial charge on any atom is 0.253 e. The maximum atomic E-state index is 13.8. The van der Waals surface area contributed by atoms with Gasteiger partial charge < -0.3 is 15.0 Å². The molecule has 0 unspecified atom stereocenters. The van der Waals surface area contributed by atoms with Crippen molar-refractivity contribution in [1.29, 1.82) is 0 Å². The van der Waals surface area contributed by atoms with E-state index in [0.29, 0.717) is 49.4 Å². The average molecular weight is 418 g/mol. The molecule has 1 fully saturated rings. The molecule has 0 radical (unpaired) electrons.